The molecule has 0 fully saturated rings. The minimum absolute atomic E-state index is 0.0300. The number of nitrogens with two attached hydrogens (primary N) is 1. The third kappa shape index (κ3) is 4.05. The molecular weight excluding hydrogens is 276 g/mol. The Bertz CT molecular complexity index is 582. The lowest BCUT2D eigenvalue weighted by Gasteiger charge is -2.11. The van der Waals surface area contributed by atoms with Crippen LogP contribution < -0.4 is 5.73 Å². The SMILES string of the molecule is NC(Cc1ccc(Cl)cc1)Cc1ccc([N+](=O)[O-])cc1. The van der Waals surface area contributed by atoms with Crippen molar-refractivity contribution in [1.29, 1.82) is 0 Å². The van der Waals surface area contributed by atoms with E-state index in [4.69, 9.17) is 17.3 Å². The number of nitro groups is 1. The van der Waals surface area contributed by atoms with E-state index in [1.165, 1.54) is 12.1 Å². The lowest BCUT2D eigenvalue weighted by Crippen LogP contribution is -2.25. The zero-order valence-electron chi connectivity index (χ0n) is 10.8. The molecule has 104 valence electrons. The zero-order valence-corrected chi connectivity index (χ0v) is 11.6. The number of hydrogen-bond donors (Lipinski definition) is 1. The molecule has 2 aromatic carbocycles. The maximum atomic E-state index is 10.6. The highest BCUT2D eigenvalue weighted by Crippen LogP contribution is 2.15. The summed E-state index contributed by atoms with van der Waals surface area (Å²) in [6.45, 7) is 0. The van der Waals surface area contributed by atoms with Crippen molar-refractivity contribution in [1.82, 2.24) is 0 Å². The minimum Gasteiger partial charge on any atom is -0.327 e. The van der Waals surface area contributed by atoms with E-state index in [0.29, 0.717) is 11.4 Å². The van der Waals surface area contributed by atoms with Crippen LogP contribution in [0.15, 0.2) is 48.5 Å². The van der Waals surface area contributed by atoms with Crippen LogP contribution in [0.2, 0.25) is 5.02 Å². The van der Waals surface area contributed by atoms with Crippen LogP contribution in [-0.2, 0) is 12.8 Å². The summed E-state index contributed by atoms with van der Waals surface area (Å²) in [6, 6.07) is 14.1. The number of halogens is 1. The second-order valence-electron chi connectivity index (χ2n) is 4.72. The molecule has 2 aromatic rings. The van der Waals surface area contributed by atoms with Crippen molar-refractivity contribution in [2.24, 2.45) is 5.73 Å². The van der Waals surface area contributed by atoms with Crippen molar-refractivity contribution in [2.45, 2.75) is 18.9 Å². The number of nitro benzene ring substituents is 1. The predicted molar refractivity (Wildman–Crippen MR) is 79.9 cm³/mol. The first-order chi connectivity index (χ1) is 9.54. The van der Waals surface area contributed by atoms with Crippen LogP contribution in [-0.4, -0.2) is 11.0 Å². The van der Waals surface area contributed by atoms with Crippen LogP contribution >= 0.6 is 11.6 Å². The largest absolute Gasteiger partial charge is 0.327 e. The summed E-state index contributed by atoms with van der Waals surface area (Å²) in [6.07, 6.45) is 1.43. The van der Waals surface area contributed by atoms with Crippen molar-refractivity contribution in [3.63, 3.8) is 0 Å². The summed E-state index contributed by atoms with van der Waals surface area (Å²) in [5, 5.41) is 11.3. The molecule has 0 saturated carbocycles. The van der Waals surface area contributed by atoms with Gasteiger partial charge >= 0.3 is 0 Å². The fraction of sp³-hybridized carbons (Fsp3) is 0.200. The molecule has 0 spiro atoms. The molecule has 0 aliphatic rings. The average Bonchev–Trinajstić information content (AvgIpc) is 2.42. The Labute approximate surface area is 122 Å². The van der Waals surface area contributed by atoms with E-state index >= 15 is 0 Å². The molecule has 20 heavy (non-hydrogen) atoms. The fourth-order valence-electron chi connectivity index (χ4n) is 2.05. The van der Waals surface area contributed by atoms with E-state index in [9.17, 15) is 10.1 Å². The fourth-order valence-corrected chi connectivity index (χ4v) is 2.18. The summed E-state index contributed by atoms with van der Waals surface area (Å²) in [4.78, 5) is 10.2. The maximum absolute atomic E-state index is 10.6. The number of benzene rings is 2. The van der Waals surface area contributed by atoms with Crippen molar-refractivity contribution in [3.8, 4) is 0 Å². The normalized spacial score (nSPS) is 12.1. The summed E-state index contributed by atoms with van der Waals surface area (Å²) < 4.78 is 0. The number of non-ortho nitro benzene ring substituents is 1. The van der Waals surface area contributed by atoms with Gasteiger partial charge in [-0.15, -0.1) is 0 Å². The van der Waals surface area contributed by atoms with Crippen molar-refractivity contribution in [2.75, 3.05) is 0 Å². The third-order valence-electron chi connectivity index (χ3n) is 3.06. The maximum Gasteiger partial charge on any atom is 0.269 e. The highest BCUT2D eigenvalue weighted by molar-refractivity contribution is 6.30. The molecule has 1 atom stereocenters. The van der Waals surface area contributed by atoms with E-state index < -0.39 is 4.92 Å². The Morgan fingerprint density at radius 2 is 1.45 bits per heavy atom. The topological polar surface area (TPSA) is 69.2 Å². The first-order valence-electron chi connectivity index (χ1n) is 6.28. The minimum atomic E-state index is -0.405. The quantitative estimate of drug-likeness (QED) is 0.678. The van der Waals surface area contributed by atoms with Gasteiger partial charge in [-0.1, -0.05) is 35.9 Å². The monoisotopic (exact) mass is 290 g/mol. The van der Waals surface area contributed by atoms with E-state index in [-0.39, 0.29) is 11.7 Å². The van der Waals surface area contributed by atoms with E-state index in [0.717, 1.165) is 17.5 Å². The molecule has 0 aliphatic heterocycles. The molecule has 2 N–H and O–H groups in total. The van der Waals surface area contributed by atoms with Gasteiger partial charge in [0, 0.05) is 23.2 Å². The van der Waals surface area contributed by atoms with Gasteiger partial charge < -0.3 is 5.73 Å². The van der Waals surface area contributed by atoms with Crippen molar-refractivity contribution < 1.29 is 4.92 Å². The van der Waals surface area contributed by atoms with E-state index in [2.05, 4.69) is 0 Å². The first-order valence-corrected chi connectivity index (χ1v) is 6.66. The van der Waals surface area contributed by atoms with Crippen LogP contribution in [0.25, 0.3) is 0 Å². The third-order valence-corrected chi connectivity index (χ3v) is 3.31. The molecule has 0 radical (unpaired) electrons. The number of nitrogens with zero attached hydrogens (tertiary/aromatic N) is 1. The number of rotatable bonds is 5. The molecule has 0 aromatic heterocycles. The Morgan fingerprint density at radius 3 is 1.90 bits per heavy atom. The molecule has 1 unspecified atom stereocenters. The van der Waals surface area contributed by atoms with Crippen molar-refractivity contribution >= 4 is 17.3 Å². The molecule has 4 nitrogen and oxygen atoms in total. The van der Waals surface area contributed by atoms with Gasteiger partial charge in [0.25, 0.3) is 5.69 Å². The summed E-state index contributed by atoms with van der Waals surface area (Å²) in [7, 11) is 0. The van der Waals surface area contributed by atoms with Gasteiger partial charge in [0.05, 0.1) is 4.92 Å². The summed E-state index contributed by atoms with van der Waals surface area (Å²) in [5.41, 5.74) is 8.33. The predicted octanol–water partition coefficient (Wildman–Crippen LogP) is 3.36. The highest BCUT2D eigenvalue weighted by atomic mass is 35.5. The van der Waals surface area contributed by atoms with Gasteiger partial charge in [-0.3, -0.25) is 10.1 Å². The Kier molecular flexibility index (Phi) is 4.71. The first kappa shape index (κ1) is 14.5. The molecule has 0 saturated heterocycles. The lowest BCUT2D eigenvalue weighted by molar-refractivity contribution is -0.384. The van der Waals surface area contributed by atoms with Crippen LogP contribution in [0.5, 0.6) is 0 Å². The van der Waals surface area contributed by atoms with Gasteiger partial charge in [-0.2, -0.15) is 0 Å². The van der Waals surface area contributed by atoms with Crippen LogP contribution in [0.4, 0.5) is 5.69 Å². The Hall–Kier alpha value is -1.91. The zero-order chi connectivity index (χ0) is 14.5. The summed E-state index contributed by atoms with van der Waals surface area (Å²) in [5.74, 6) is 0. The summed E-state index contributed by atoms with van der Waals surface area (Å²) >= 11 is 5.83. The lowest BCUT2D eigenvalue weighted by atomic mass is 10.00. The standard InChI is InChI=1S/C15H15ClN2O2/c16-13-5-1-11(2-6-13)9-14(17)10-12-3-7-15(8-4-12)18(19)20/h1-8,14H,9-10,17H2. The van der Waals surface area contributed by atoms with Gasteiger partial charge in [-0.25, -0.2) is 0 Å². The number of hydrogen-bond acceptors (Lipinski definition) is 3. The molecule has 0 bridgehead atoms. The van der Waals surface area contributed by atoms with Gasteiger partial charge in [0.2, 0.25) is 0 Å². The van der Waals surface area contributed by atoms with Crippen molar-refractivity contribution in [3.05, 3.63) is 74.8 Å². The second-order valence-corrected chi connectivity index (χ2v) is 5.15. The molecule has 0 aliphatic carbocycles. The van der Waals surface area contributed by atoms with Gasteiger partial charge in [0.1, 0.15) is 0 Å². The molecule has 0 amide bonds. The van der Waals surface area contributed by atoms with Crippen LogP contribution in [0, 0.1) is 10.1 Å². The smallest absolute Gasteiger partial charge is 0.269 e. The van der Waals surface area contributed by atoms with Gasteiger partial charge in [0.15, 0.2) is 0 Å². The molecule has 2 rings (SSSR count). The van der Waals surface area contributed by atoms with Crippen LogP contribution in [0.1, 0.15) is 11.1 Å². The molecule has 0 heterocycles. The van der Waals surface area contributed by atoms with Gasteiger partial charge in [-0.05, 0) is 36.1 Å². The average molecular weight is 291 g/mol. The van der Waals surface area contributed by atoms with E-state index in [1.807, 2.05) is 24.3 Å². The van der Waals surface area contributed by atoms with Crippen LogP contribution in [0.3, 0.4) is 0 Å². The molecular formula is C15H15ClN2O2. The second kappa shape index (κ2) is 6.50. The Morgan fingerprint density at radius 1 is 1.00 bits per heavy atom. The molecule has 5 heteroatoms. The Balaban J connectivity index is 1.95. The van der Waals surface area contributed by atoms with E-state index in [1.54, 1.807) is 12.1 Å². The highest BCUT2D eigenvalue weighted by Gasteiger charge is 2.08.